The van der Waals surface area contributed by atoms with E-state index >= 15 is 0 Å². The molecule has 166 valence electrons. The number of carbonyl (C=O) groups is 1. The molecular weight excluding hydrogens is 431 g/mol. The second-order valence-electron chi connectivity index (χ2n) is 7.83. The average Bonchev–Trinajstić information content (AvgIpc) is 3.59. The van der Waals surface area contributed by atoms with Crippen LogP contribution in [0.2, 0.25) is 0 Å². The number of hydrogen-bond acceptors (Lipinski definition) is 4. The molecule has 8 heteroatoms. The van der Waals surface area contributed by atoms with E-state index in [9.17, 15) is 17.6 Å². The van der Waals surface area contributed by atoms with Gasteiger partial charge < -0.3 is 10.1 Å². The minimum Gasteiger partial charge on any atom is -0.497 e. The highest BCUT2D eigenvalue weighted by molar-refractivity contribution is 7.92. The molecular formula is C24H23FN2O4S. The van der Waals surface area contributed by atoms with Gasteiger partial charge in [0.1, 0.15) is 11.6 Å². The van der Waals surface area contributed by atoms with Crippen molar-refractivity contribution in [3.8, 4) is 5.75 Å². The van der Waals surface area contributed by atoms with Crippen molar-refractivity contribution in [3.05, 3.63) is 89.7 Å². The monoisotopic (exact) mass is 454 g/mol. The fourth-order valence-corrected chi connectivity index (χ4v) is 4.66. The lowest BCUT2D eigenvalue weighted by Crippen LogP contribution is -2.32. The van der Waals surface area contributed by atoms with Gasteiger partial charge in [0.25, 0.3) is 15.9 Å². The number of rotatable bonds is 8. The standard InChI is InChI=1S/C24H23FN2O4S/c1-31-21-11-9-20(10-12-21)27-32(29,30)22-4-2-3-17(15-22)23(28)26-16-24(13-14-24)18-5-7-19(25)8-6-18/h2-12,15,27H,13-14,16H2,1H3,(H,26,28). The van der Waals surface area contributed by atoms with Crippen LogP contribution >= 0.6 is 0 Å². The van der Waals surface area contributed by atoms with Gasteiger partial charge in [-0.05, 0) is 73.0 Å². The summed E-state index contributed by atoms with van der Waals surface area (Å²) in [5, 5.41) is 2.89. The van der Waals surface area contributed by atoms with Crippen molar-refractivity contribution in [3.63, 3.8) is 0 Å². The third-order valence-electron chi connectivity index (χ3n) is 5.65. The predicted octanol–water partition coefficient (Wildman–Crippen LogP) is 4.10. The first kappa shape index (κ1) is 21.8. The van der Waals surface area contributed by atoms with Crippen molar-refractivity contribution < 1.29 is 22.3 Å². The van der Waals surface area contributed by atoms with Crippen LogP contribution in [0.15, 0.2) is 77.7 Å². The molecule has 2 N–H and O–H groups in total. The maximum absolute atomic E-state index is 13.2. The smallest absolute Gasteiger partial charge is 0.261 e. The van der Waals surface area contributed by atoms with Crippen LogP contribution in [0, 0.1) is 5.82 Å². The fourth-order valence-electron chi connectivity index (χ4n) is 3.55. The zero-order chi connectivity index (χ0) is 22.8. The van der Waals surface area contributed by atoms with E-state index in [0.29, 0.717) is 18.0 Å². The van der Waals surface area contributed by atoms with Crippen molar-refractivity contribution in [2.45, 2.75) is 23.2 Å². The van der Waals surface area contributed by atoms with Gasteiger partial charge in [-0.15, -0.1) is 0 Å². The van der Waals surface area contributed by atoms with Gasteiger partial charge in [0.05, 0.1) is 12.0 Å². The molecule has 0 aliphatic heterocycles. The molecule has 32 heavy (non-hydrogen) atoms. The van der Waals surface area contributed by atoms with E-state index in [0.717, 1.165) is 18.4 Å². The normalized spacial score (nSPS) is 14.4. The number of carbonyl (C=O) groups excluding carboxylic acids is 1. The number of hydrogen-bond donors (Lipinski definition) is 2. The predicted molar refractivity (Wildman–Crippen MR) is 120 cm³/mol. The Morgan fingerprint density at radius 2 is 1.72 bits per heavy atom. The summed E-state index contributed by atoms with van der Waals surface area (Å²) in [4.78, 5) is 12.7. The molecule has 0 unspecified atom stereocenters. The van der Waals surface area contributed by atoms with Gasteiger partial charge in [-0.2, -0.15) is 0 Å². The van der Waals surface area contributed by atoms with Gasteiger partial charge in [0, 0.05) is 23.2 Å². The topological polar surface area (TPSA) is 84.5 Å². The van der Waals surface area contributed by atoms with Gasteiger partial charge in [-0.1, -0.05) is 18.2 Å². The number of benzene rings is 3. The van der Waals surface area contributed by atoms with Crippen molar-refractivity contribution >= 4 is 21.6 Å². The van der Waals surface area contributed by atoms with Gasteiger partial charge in [-0.3, -0.25) is 9.52 Å². The van der Waals surface area contributed by atoms with E-state index in [1.165, 1.54) is 37.4 Å². The van der Waals surface area contributed by atoms with Crippen LogP contribution in [-0.4, -0.2) is 28.0 Å². The Labute approximate surface area is 186 Å². The Morgan fingerprint density at radius 3 is 2.34 bits per heavy atom. The molecule has 1 saturated carbocycles. The van der Waals surface area contributed by atoms with E-state index in [1.54, 1.807) is 42.5 Å². The summed E-state index contributed by atoms with van der Waals surface area (Å²) < 4.78 is 46.3. The Morgan fingerprint density at radius 1 is 1.03 bits per heavy atom. The Hall–Kier alpha value is -3.39. The molecule has 0 radical (unpaired) electrons. The number of nitrogens with one attached hydrogen (secondary N) is 2. The minimum absolute atomic E-state index is 0.0133. The number of halogens is 1. The van der Waals surface area contributed by atoms with Gasteiger partial charge in [-0.25, -0.2) is 12.8 Å². The van der Waals surface area contributed by atoms with Crippen molar-refractivity contribution in [2.24, 2.45) is 0 Å². The average molecular weight is 455 g/mol. The summed E-state index contributed by atoms with van der Waals surface area (Å²) in [5.74, 6) is -0.0459. The van der Waals surface area contributed by atoms with E-state index in [-0.39, 0.29) is 27.6 Å². The molecule has 0 atom stereocenters. The van der Waals surface area contributed by atoms with Crippen LogP contribution in [0.4, 0.5) is 10.1 Å². The van der Waals surface area contributed by atoms with Crippen LogP contribution in [0.25, 0.3) is 0 Å². The number of methoxy groups -OCH3 is 1. The molecule has 1 fully saturated rings. The lowest BCUT2D eigenvalue weighted by Gasteiger charge is -2.17. The first-order valence-electron chi connectivity index (χ1n) is 10.1. The molecule has 4 rings (SSSR count). The molecule has 1 aliphatic rings. The summed E-state index contributed by atoms with van der Waals surface area (Å²) in [6.45, 7) is 0.401. The number of sulfonamides is 1. The molecule has 6 nitrogen and oxygen atoms in total. The van der Waals surface area contributed by atoms with Gasteiger partial charge in [0.2, 0.25) is 0 Å². The molecule has 1 aliphatic carbocycles. The molecule has 1 amide bonds. The lowest BCUT2D eigenvalue weighted by molar-refractivity contribution is 0.0949. The van der Waals surface area contributed by atoms with Crippen molar-refractivity contribution in [1.82, 2.24) is 5.32 Å². The highest BCUT2D eigenvalue weighted by Crippen LogP contribution is 2.47. The second-order valence-corrected chi connectivity index (χ2v) is 9.51. The zero-order valence-electron chi connectivity index (χ0n) is 17.5. The van der Waals surface area contributed by atoms with E-state index in [2.05, 4.69) is 10.0 Å². The summed E-state index contributed by atoms with van der Waals surface area (Å²) in [6, 6.07) is 18.7. The highest BCUT2D eigenvalue weighted by atomic mass is 32.2. The minimum atomic E-state index is -3.87. The van der Waals surface area contributed by atoms with Crippen LogP contribution in [-0.2, 0) is 15.4 Å². The van der Waals surface area contributed by atoms with Crippen LogP contribution in [0.1, 0.15) is 28.8 Å². The molecule has 3 aromatic carbocycles. The SMILES string of the molecule is COc1ccc(NS(=O)(=O)c2cccc(C(=O)NCC3(c4ccc(F)cc4)CC3)c2)cc1. The largest absolute Gasteiger partial charge is 0.497 e. The van der Waals surface area contributed by atoms with Gasteiger partial charge in [0.15, 0.2) is 0 Å². The summed E-state index contributed by atoms with van der Waals surface area (Å²) in [6.07, 6.45) is 1.80. The van der Waals surface area contributed by atoms with Crippen LogP contribution < -0.4 is 14.8 Å². The molecule has 0 saturated heterocycles. The fraction of sp³-hybridized carbons (Fsp3) is 0.208. The Kier molecular flexibility index (Phi) is 5.88. The molecule has 0 heterocycles. The summed E-state index contributed by atoms with van der Waals surface area (Å²) in [5.41, 5.74) is 1.43. The Balaban J connectivity index is 1.44. The molecule has 0 aromatic heterocycles. The summed E-state index contributed by atoms with van der Waals surface area (Å²) in [7, 11) is -2.35. The number of amides is 1. The molecule has 0 bridgehead atoms. The first-order chi connectivity index (χ1) is 15.3. The lowest BCUT2D eigenvalue weighted by atomic mass is 9.96. The van der Waals surface area contributed by atoms with E-state index < -0.39 is 10.0 Å². The zero-order valence-corrected chi connectivity index (χ0v) is 18.3. The maximum Gasteiger partial charge on any atom is 0.261 e. The quantitative estimate of drug-likeness (QED) is 0.537. The van der Waals surface area contributed by atoms with Crippen LogP contribution in [0.3, 0.4) is 0 Å². The van der Waals surface area contributed by atoms with Crippen LogP contribution in [0.5, 0.6) is 5.75 Å². The Bertz CT molecular complexity index is 1220. The first-order valence-corrected chi connectivity index (χ1v) is 11.6. The highest BCUT2D eigenvalue weighted by Gasteiger charge is 2.44. The van der Waals surface area contributed by atoms with Gasteiger partial charge >= 0.3 is 0 Å². The third-order valence-corrected chi connectivity index (χ3v) is 7.03. The van der Waals surface area contributed by atoms with E-state index in [4.69, 9.17) is 4.74 Å². The molecule has 0 spiro atoms. The molecule has 3 aromatic rings. The van der Waals surface area contributed by atoms with E-state index in [1.807, 2.05) is 0 Å². The third kappa shape index (κ3) is 4.75. The number of ether oxygens (including phenoxy) is 1. The van der Waals surface area contributed by atoms with Crippen molar-refractivity contribution in [2.75, 3.05) is 18.4 Å². The summed E-state index contributed by atoms with van der Waals surface area (Å²) >= 11 is 0. The van der Waals surface area contributed by atoms with Crippen molar-refractivity contribution in [1.29, 1.82) is 0 Å². The second kappa shape index (κ2) is 8.63. The maximum atomic E-state index is 13.2. The number of anilines is 1.